The molecule has 1 saturated heterocycles. The van der Waals surface area contributed by atoms with Gasteiger partial charge in [0, 0.05) is 37.2 Å². The highest BCUT2D eigenvalue weighted by Gasteiger charge is 2.50. The highest BCUT2D eigenvalue weighted by Crippen LogP contribution is 2.30. The lowest BCUT2D eigenvalue weighted by molar-refractivity contribution is -0.384. The molecule has 30 heavy (non-hydrogen) atoms. The van der Waals surface area contributed by atoms with Gasteiger partial charge >= 0.3 is 15.5 Å². The van der Waals surface area contributed by atoms with Crippen molar-refractivity contribution in [2.75, 3.05) is 25.0 Å². The summed E-state index contributed by atoms with van der Waals surface area (Å²) < 4.78 is 61.3. The van der Waals surface area contributed by atoms with Crippen LogP contribution in [-0.4, -0.2) is 47.8 Å². The molecule has 9 nitrogen and oxygen atoms in total. The van der Waals surface area contributed by atoms with Crippen molar-refractivity contribution in [3.05, 3.63) is 39.9 Å². The number of sulfonamides is 1. The van der Waals surface area contributed by atoms with Crippen LogP contribution in [0.4, 0.5) is 24.7 Å². The van der Waals surface area contributed by atoms with Crippen molar-refractivity contribution in [2.45, 2.75) is 18.3 Å². The normalized spacial score (nSPS) is 16.3. The molecule has 1 aromatic heterocycles. The molecule has 2 aromatic rings. The van der Waals surface area contributed by atoms with Crippen LogP contribution < -0.4 is 5.32 Å². The first-order chi connectivity index (χ1) is 14.0. The molecule has 3 rings (SSSR count). The minimum atomic E-state index is -5.32. The summed E-state index contributed by atoms with van der Waals surface area (Å²) in [6, 6.07) is 7.38. The zero-order valence-corrected chi connectivity index (χ0v) is 16.2. The predicted molar refractivity (Wildman–Crippen MR) is 101 cm³/mol. The molecule has 1 aliphatic heterocycles. The van der Waals surface area contributed by atoms with Gasteiger partial charge in [-0.2, -0.15) is 22.7 Å². The Kier molecular flexibility index (Phi) is 5.82. The first-order valence-electron chi connectivity index (χ1n) is 8.82. The monoisotopic (exact) mass is 443 g/mol. The van der Waals surface area contributed by atoms with E-state index in [0.29, 0.717) is 27.6 Å². The van der Waals surface area contributed by atoms with E-state index in [9.17, 15) is 37.0 Å². The van der Waals surface area contributed by atoms with Crippen molar-refractivity contribution in [3.63, 3.8) is 0 Å². The zero-order valence-electron chi connectivity index (χ0n) is 15.4. The Labute approximate surface area is 169 Å². The maximum absolute atomic E-state index is 12.6. The minimum absolute atomic E-state index is 0.0791. The van der Waals surface area contributed by atoms with Crippen LogP contribution in [-0.2, 0) is 10.0 Å². The summed E-state index contributed by atoms with van der Waals surface area (Å²) in [5.41, 5.74) is -4.90. The number of alkyl halides is 3. The summed E-state index contributed by atoms with van der Waals surface area (Å²) in [5, 5.41) is 23.6. The van der Waals surface area contributed by atoms with E-state index in [-0.39, 0.29) is 43.1 Å². The Bertz CT molecular complexity index is 1120. The Hall–Kier alpha value is -2.98. The predicted octanol–water partition coefficient (Wildman–Crippen LogP) is 2.99. The van der Waals surface area contributed by atoms with E-state index in [0.717, 1.165) is 0 Å². The number of nitrogens with zero attached hydrogens (tertiary/aromatic N) is 4. The molecule has 0 aliphatic carbocycles. The van der Waals surface area contributed by atoms with Crippen LogP contribution in [0.25, 0.3) is 10.9 Å². The van der Waals surface area contributed by atoms with Gasteiger partial charge in [0.05, 0.1) is 22.1 Å². The maximum Gasteiger partial charge on any atom is 0.511 e. The lowest BCUT2D eigenvalue weighted by Crippen LogP contribution is -2.45. The van der Waals surface area contributed by atoms with Gasteiger partial charge in [-0.15, -0.1) is 0 Å². The van der Waals surface area contributed by atoms with Crippen molar-refractivity contribution in [1.82, 2.24) is 9.29 Å². The molecular formula is C17H16F3N5O4S. The second kappa shape index (κ2) is 8.04. The van der Waals surface area contributed by atoms with Gasteiger partial charge in [-0.05, 0) is 30.9 Å². The average Bonchev–Trinajstić information content (AvgIpc) is 2.70. The number of nitriles is 1. The highest BCUT2D eigenvalue weighted by atomic mass is 32.2. The fraction of sp³-hybridized carbons (Fsp3) is 0.412. The van der Waals surface area contributed by atoms with E-state index < -0.39 is 20.5 Å². The largest absolute Gasteiger partial charge is 0.511 e. The van der Waals surface area contributed by atoms with Crippen molar-refractivity contribution in [1.29, 1.82) is 5.26 Å². The van der Waals surface area contributed by atoms with Crippen molar-refractivity contribution in [3.8, 4) is 6.07 Å². The first kappa shape index (κ1) is 21.7. The molecule has 0 spiro atoms. The number of pyridine rings is 1. The molecule has 0 unspecified atom stereocenters. The fourth-order valence-corrected chi connectivity index (χ4v) is 4.24. The number of piperidine rings is 1. The quantitative estimate of drug-likeness (QED) is 0.555. The van der Waals surface area contributed by atoms with E-state index in [4.69, 9.17) is 0 Å². The molecule has 1 aliphatic rings. The molecule has 0 radical (unpaired) electrons. The second-order valence-electron chi connectivity index (χ2n) is 6.80. The van der Waals surface area contributed by atoms with Crippen LogP contribution in [0.1, 0.15) is 18.4 Å². The Morgan fingerprint density at radius 1 is 1.30 bits per heavy atom. The maximum atomic E-state index is 12.6. The summed E-state index contributed by atoms with van der Waals surface area (Å²) in [7, 11) is -5.32. The third kappa shape index (κ3) is 4.29. The second-order valence-corrected chi connectivity index (χ2v) is 8.73. The van der Waals surface area contributed by atoms with Crippen molar-refractivity contribution in [2.24, 2.45) is 5.92 Å². The number of rotatable bonds is 5. The number of nitrogens with one attached hydrogen (secondary N) is 1. The Morgan fingerprint density at radius 2 is 1.97 bits per heavy atom. The topological polar surface area (TPSA) is 129 Å². The van der Waals surface area contributed by atoms with Crippen LogP contribution in [0.2, 0.25) is 0 Å². The molecule has 1 aromatic carbocycles. The summed E-state index contributed by atoms with van der Waals surface area (Å²) in [5.74, 6) is 0.267. The molecule has 13 heteroatoms. The third-order valence-electron chi connectivity index (χ3n) is 4.90. The molecule has 1 N–H and O–H groups in total. The smallest absolute Gasteiger partial charge is 0.370 e. The van der Waals surface area contributed by atoms with Crippen LogP contribution in [0.15, 0.2) is 24.3 Å². The van der Waals surface area contributed by atoms with Crippen molar-refractivity contribution < 1.29 is 26.5 Å². The zero-order chi connectivity index (χ0) is 22.1. The number of fused-ring (bicyclic) bond motifs is 1. The van der Waals surface area contributed by atoms with E-state index in [1.807, 2.05) is 6.07 Å². The summed E-state index contributed by atoms with van der Waals surface area (Å²) >= 11 is 0. The number of hydrogen-bond donors (Lipinski definition) is 1. The third-order valence-corrected chi connectivity index (χ3v) is 6.53. The van der Waals surface area contributed by atoms with E-state index in [1.54, 1.807) is 0 Å². The first-order valence-corrected chi connectivity index (χ1v) is 10.3. The Balaban J connectivity index is 1.68. The average molecular weight is 443 g/mol. The summed E-state index contributed by atoms with van der Waals surface area (Å²) in [4.78, 5) is 14.7. The molecular weight excluding hydrogens is 427 g/mol. The van der Waals surface area contributed by atoms with Gasteiger partial charge in [0.25, 0.3) is 5.69 Å². The van der Waals surface area contributed by atoms with Gasteiger partial charge in [-0.1, -0.05) is 0 Å². The van der Waals surface area contributed by atoms with Gasteiger partial charge in [0.15, 0.2) is 0 Å². The van der Waals surface area contributed by atoms with Crippen LogP contribution >= 0.6 is 0 Å². The summed E-state index contributed by atoms with van der Waals surface area (Å²) in [6.45, 7) is -0.130. The molecule has 0 saturated carbocycles. The number of non-ortho nitro benzene ring substituents is 1. The van der Waals surface area contributed by atoms with E-state index >= 15 is 0 Å². The Morgan fingerprint density at radius 3 is 2.53 bits per heavy atom. The highest BCUT2D eigenvalue weighted by molar-refractivity contribution is 7.90. The van der Waals surface area contributed by atoms with Gasteiger partial charge in [-0.25, -0.2) is 13.4 Å². The number of aromatic nitrogens is 1. The van der Waals surface area contributed by atoms with Gasteiger partial charge in [-0.3, -0.25) is 10.1 Å². The fourth-order valence-electron chi connectivity index (χ4n) is 3.26. The van der Waals surface area contributed by atoms with E-state index in [2.05, 4.69) is 10.3 Å². The van der Waals surface area contributed by atoms with E-state index in [1.165, 1.54) is 24.3 Å². The standard InChI is InChI=1S/C17H16F3N5O4S/c18-17(19,20)30(28,29)24-5-3-11(4-6-24)10-22-16-7-12(9-21)14-8-13(25(26)27)1-2-15(14)23-16/h1-2,7-8,11H,3-6,10H2,(H,22,23). The van der Waals surface area contributed by atoms with Crippen molar-refractivity contribution >= 4 is 32.4 Å². The lowest BCUT2D eigenvalue weighted by Gasteiger charge is -2.31. The van der Waals surface area contributed by atoms with Gasteiger partial charge in [0.1, 0.15) is 5.82 Å². The molecule has 0 atom stereocenters. The molecule has 1 fully saturated rings. The number of hydrogen-bond acceptors (Lipinski definition) is 7. The number of nitro groups is 1. The number of benzene rings is 1. The molecule has 0 bridgehead atoms. The van der Waals surface area contributed by atoms with Crippen LogP contribution in [0.5, 0.6) is 0 Å². The SMILES string of the molecule is N#Cc1cc(NCC2CCN(S(=O)(=O)C(F)(F)F)CC2)nc2ccc([N+](=O)[O-])cc12. The number of halogens is 3. The lowest BCUT2D eigenvalue weighted by atomic mass is 9.98. The summed E-state index contributed by atoms with van der Waals surface area (Å²) in [6.07, 6.45) is 0.486. The molecule has 160 valence electrons. The minimum Gasteiger partial charge on any atom is -0.370 e. The van der Waals surface area contributed by atoms with Gasteiger partial charge in [0.2, 0.25) is 0 Å². The van der Waals surface area contributed by atoms with Crippen LogP contribution in [0.3, 0.4) is 0 Å². The number of nitro benzene ring substituents is 1. The number of anilines is 1. The molecule has 2 heterocycles. The molecule has 0 amide bonds. The van der Waals surface area contributed by atoms with Crippen LogP contribution in [0, 0.1) is 27.4 Å². The van der Waals surface area contributed by atoms with Gasteiger partial charge < -0.3 is 5.32 Å².